The summed E-state index contributed by atoms with van der Waals surface area (Å²) < 4.78 is 90.5. The Morgan fingerprint density at radius 2 is 1.55 bits per heavy atom. The highest BCUT2D eigenvalue weighted by Crippen LogP contribution is 2.37. The lowest BCUT2D eigenvalue weighted by Crippen LogP contribution is -2.76. The fourth-order valence-corrected chi connectivity index (χ4v) is 5.48. The van der Waals surface area contributed by atoms with Crippen molar-refractivity contribution >= 4 is 24.0 Å². The van der Waals surface area contributed by atoms with E-state index in [4.69, 9.17) is 9.47 Å². The second-order valence-electron chi connectivity index (χ2n) is 11.3. The molecule has 3 atom stereocenters. The summed E-state index contributed by atoms with van der Waals surface area (Å²) in [6.07, 6.45) is -12.3. The Kier molecular flexibility index (Phi) is 10.4. The average Bonchev–Trinajstić information content (AvgIpc) is 3.00. The molecule has 254 valence electrons. The maximum Gasteiger partial charge on any atom is 0.416 e. The van der Waals surface area contributed by atoms with Gasteiger partial charge in [0.2, 0.25) is 11.8 Å². The molecule has 10 nitrogen and oxygen atoms in total. The molecule has 0 saturated carbocycles. The van der Waals surface area contributed by atoms with Crippen molar-refractivity contribution in [3.8, 4) is 0 Å². The normalized spacial score (nSPS) is 20.2. The Balaban J connectivity index is 1.67. The fourth-order valence-electron chi connectivity index (χ4n) is 5.48. The molecular weight excluding hydrogens is 638 g/mol. The number of fused-ring (bicyclic) bond motifs is 1. The molecule has 2 aliphatic rings. The molecule has 16 heteroatoms. The highest BCUT2D eigenvalue weighted by Gasteiger charge is 2.53. The van der Waals surface area contributed by atoms with Crippen LogP contribution >= 0.6 is 0 Å². The Hall–Kier alpha value is -4.76. The third-order valence-electron chi connectivity index (χ3n) is 7.58. The van der Waals surface area contributed by atoms with Gasteiger partial charge in [-0.1, -0.05) is 56.8 Å². The van der Waals surface area contributed by atoms with Crippen molar-refractivity contribution in [1.29, 1.82) is 0 Å². The summed E-state index contributed by atoms with van der Waals surface area (Å²) in [5.74, 6) is -1.61. The average molecular weight is 671 g/mol. The SMILES string of the molecule is C=CCOC(=O)N[C@H]1CN(C(=O)OCc2cc(C(F)(F)F)cc(C(F)(F)F)c2)[C@H]2CN(Cc3ccccc3)C(=O)[C@H](C(C)C)N2C1=O. The van der Waals surface area contributed by atoms with Gasteiger partial charge in [0.05, 0.1) is 24.2 Å². The third-order valence-corrected chi connectivity index (χ3v) is 7.58. The molecule has 4 amide bonds. The molecule has 0 radical (unpaired) electrons. The zero-order valence-corrected chi connectivity index (χ0v) is 25.3. The van der Waals surface area contributed by atoms with Gasteiger partial charge in [0.1, 0.15) is 31.5 Å². The minimum absolute atomic E-state index is 0.0480. The van der Waals surface area contributed by atoms with Crippen molar-refractivity contribution in [3.05, 3.63) is 83.4 Å². The Labute approximate surface area is 265 Å². The van der Waals surface area contributed by atoms with Crippen LogP contribution in [0.25, 0.3) is 0 Å². The summed E-state index contributed by atoms with van der Waals surface area (Å²) in [5.41, 5.74) is -3.00. The standard InChI is InChI=1S/C31H32F6N4O6/c1-4-10-46-28(44)38-23-15-40(29(45)47-17-20-11-21(30(32,33)34)13-22(12-20)31(35,36)37)24-16-39(14-19-8-6-5-7-9-19)27(43)25(18(2)3)41(24)26(23)42/h4-9,11-13,18,23-25H,1,10,14-17H2,2-3H3,(H,38,44)/t23-,24+,25-/m0/s1. The Morgan fingerprint density at radius 1 is 0.936 bits per heavy atom. The Morgan fingerprint density at radius 3 is 2.11 bits per heavy atom. The largest absolute Gasteiger partial charge is 0.445 e. The lowest BCUT2D eigenvalue weighted by atomic mass is 9.93. The van der Waals surface area contributed by atoms with E-state index in [1.807, 2.05) is 0 Å². The summed E-state index contributed by atoms with van der Waals surface area (Å²) >= 11 is 0. The summed E-state index contributed by atoms with van der Waals surface area (Å²) in [5, 5.41) is 2.34. The van der Waals surface area contributed by atoms with Crippen LogP contribution in [-0.2, 0) is 44.6 Å². The summed E-state index contributed by atoms with van der Waals surface area (Å²) in [7, 11) is 0. The van der Waals surface area contributed by atoms with Crippen LogP contribution in [0, 0.1) is 5.92 Å². The van der Waals surface area contributed by atoms with Gasteiger partial charge in [-0.25, -0.2) is 9.59 Å². The molecule has 47 heavy (non-hydrogen) atoms. The first-order valence-corrected chi connectivity index (χ1v) is 14.4. The molecule has 0 bridgehead atoms. The minimum atomic E-state index is -5.12. The van der Waals surface area contributed by atoms with Crippen LogP contribution in [-0.4, -0.2) is 76.6 Å². The van der Waals surface area contributed by atoms with Crippen molar-refractivity contribution in [2.75, 3.05) is 19.7 Å². The van der Waals surface area contributed by atoms with E-state index in [0.29, 0.717) is 12.1 Å². The van der Waals surface area contributed by atoms with E-state index < -0.39 is 90.4 Å². The maximum atomic E-state index is 13.8. The molecule has 2 heterocycles. The van der Waals surface area contributed by atoms with Crippen molar-refractivity contribution < 1.29 is 55.0 Å². The third kappa shape index (κ3) is 8.16. The van der Waals surface area contributed by atoms with Crippen molar-refractivity contribution in [1.82, 2.24) is 20.0 Å². The second-order valence-corrected chi connectivity index (χ2v) is 11.3. The van der Waals surface area contributed by atoms with E-state index in [-0.39, 0.29) is 25.8 Å². The van der Waals surface area contributed by atoms with Gasteiger partial charge in [-0.3, -0.25) is 14.5 Å². The summed E-state index contributed by atoms with van der Waals surface area (Å²) in [4.78, 5) is 57.1. The highest BCUT2D eigenvalue weighted by molar-refractivity contribution is 5.94. The molecule has 2 aliphatic heterocycles. The topological polar surface area (TPSA) is 108 Å². The monoisotopic (exact) mass is 670 g/mol. The highest BCUT2D eigenvalue weighted by atomic mass is 19.4. The molecular formula is C31H32F6N4O6. The number of rotatable bonds is 8. The number of nitrogens with zero attached hydrogens (tertiary/aromatic N) is 3. The summed E-state index contributed by atoms with van der Waals surface area (Å²) in [6.45, 7) is 5.01. The Bertz CT molecular complexity index is 1470. The number of piperazine rings is 1. The van der Waals surface area contributed by atoms with Gasteiger partial charge < -0.3 is 24.6 Å². The lowest BCUT2D eigenvalue weighted by molar-refractivity contribution is -0.173. The van der Waals surface area contributed by atoms with E-state index in [1.54, 1.807) is 44.2 Å². The first kappa shape index (κ1) is 35.1. The zero-order chi connectivity index (χ0) is 34.7. The number of carbonyl (C=O) groups excluding carboxylic acids is 4. The van der Waals surface area contributed by atoms with E-state index in [2.05, 4.69) is 11.9 Å². The number of carbonyl (C=O) groups is 4. The number of benzene rings is 2. The minimum Gasteiger partial charge on any atom is -0.445 e. The van der Waals surface area contributed by atoms with E-state index in [1.165, 1.54) is 11.0 Å². The van der Waals surface area contributed by atoms with E-state index in [9.17, 15) is 45.5 Å². The number of hydrogen-bond donors (Lipinski definition) is 1. The zero-order valence-electron chi connectivity index (χ0n) is 25.3. The molecule has 2 aromatic carbocycles. The second kappa shape index (κ2) is 13.9. The van der Waals surface area contributed by atoms with Gasteiger partial charge in [0.25, 0.3) is 0 Å². The first-order valence-electron chi connectivity index (χ1n) is 14.4. The van der Waals surface area contributed by atoms with Gasteiger partial charge in [0.15, 0.2) is 0 Å². The molecule has 0 aromatic heterocycles. The molecule has 0 aliphatic carbocycles. The smallest absolute Gasteiger partial charge is 0.416 e. The molecule has 2 fully saturated rings. The van der Waals surface area contributed by atoms with Crippen LogP contribution in [0.5, 0.6) is 0 Å². The predicted octanol–water partition coefficient (Wildman–Crippen LogP) is 5.18. The first-order chi connectivity index (χ1) is 22.0. The number of alkyl carbamates (subject to hydrolysis) is 1. The van der Waals surface area contributed by atoms with Crippen LogP contribution < -0.4 is 5.32 Å². The number of alkyl halides is 6. The van der Waals surface area contributed by atoms with Gasteiger partial charge in [-0.2, -0.15) is 26.3 Å². The summed E-state index contributed by atoms with van der Waals surface area (Å²) in [6, 6.07) is 7.16. The van der Waals surface area contributed by atoms with Crippen molar-refractivity contribution in [2.24, 2.45) is 5.92 Å². The quantitative estimate of drug-likeness (QED) is 0.307. The van der Waals surface area contributed by atoms with Gasteiger partial charge in [-0.15, -0.1) is 0 Å². The molecule has 2 aromatic rings. The molecule has 1 N–H and O–H groups in total. The number of hydrogen-bond acceptors (Lipinski definition) is 6. The fraction of sp³-hybridized carbons (Fsp3) is 0.419. The lowest BCUT2D eigenvalue weighted by Gasteiger charge is -2.54. The van der Waals surface area contributed by atoms with Crippen LogP contribution in [0.4, 0.5) is 35.9 Å². The molecule has 0 spiro atoms. The molecule has 2 saturated heterocycles. The maximum absolute atomic E-state index is 13.8. The van der Waals surface area contributed by atoms with Crippen molar-refractivity contribution in [2.45, 2.75) is 57.6 Å². The van der Waals surface area contributed by atoms with Crippen LogP contribution in [0.15, 0.2) is 61.2 Å². The number of amides is 4. The van der Waals surface area contributed by atoms with Crippen LogP contribution in [0.3, 0.4) is 0 Å². The van der Waals surface area contributed by atoms with Crippen LogP contribution in [0.2, 0.25) is 0 Å². The number of ether oxygens (including phenoxy) is 2. The molecule has 0 unspecified atom stereocenters. The predicted molar refractivity (Wildman–Crippen MR) is 153 cm³/mol. The van der Waals surface area contributed by atoms with Gasteiger partial charge in [-0.05, 0) is 35.2 Å². The van der Waals surface area contributed by atoms with Crippen molar-refractivity contribution in [3.63, 3.8) is 0 Å². The van der Waals surface area contributed by atoms with E-state index in [0.717, 1.165) is 15.4 Å². The number of halogens is 6. The van der Waals surface area contributed by atoms with Gasteiger partial charge >= 0.3 is 24.5 Å². The van der Waals surface area contributed by atoms with Gasteiger partial charge in [0, 0.05) is 6.54 Å². The number of nitrogens with one attached hydrogen (secondary N) is 1. The van der Waals surface area contributed by atoms with E-state index >= 15 is 0 Å². The molecule has 4 rings (SSSR count). The van der Waals surface area contributed by atoms with Crippen LogP contribution in [0.1, 0.15) is 36.1 Å².